The number of carbonyl (C=O) groups excluding carboxylic acids is 1. The number of rotatable bonds is 3. The molecule has 0 atom stereocenters. The number of aromatic carboxylic acids is 1. The molecule has 0 bridgehead atoms. The van der Waals surface area contributed by atoms with Gasteiger partial charge in [-0.1, -0.05) is 11.6 Å². The molecule has 0 saturated carbocycles. The first kappa shape index (κ1) is 13.2. The van der Waals surface area contributed by atoms with Crippen LogP contribution in [0.5, 0.6) is 0 Å². The molecule has 0 fully saturated rings. The Balaban J connectivity index is 2.28. The standard InChI is InChI=1S/C13H10FNO3S/c1-7-2-3-9(14)8(6-7)12(16)15-10-4-5-19-11(10)13(17)18/h2-6H,1H3,(H,15,16)(H,17,18). The monoisotopic (exact) mass is 279 g/mol. The number of hydrogen-bond donors (Lipinski definition) is 2. The second-order valence-electron chi connectivity index (χ2n) is 3.91. The van der Waals surface area contributed by atoms with E-state index in [2.05, 4.69) is 5.32 Å². The minimum Gasteiger partial charge on any atom is -0.477 e. The fraction of sp³-hybridized carbons (Fsp3) is 0.0769. The maximum absolute atomic E-state index is 13.5. The van der Waals surface area contributed by atoms with Crippen molar-refractivity contribution in [1.82, 2.24) is 0 Å². The van der Waals surface area contributed by atoms with Crippen LogP contribution in [-0.4, -0.2) is 17.0 Å². The van der Waals surface area contributed by atoms with Crippen LogP contribution in [0.2, 0.25) is 0 Å². The van der Waals surface area contributed by atoms with Crippen molar-refractivity contribution in [2.45, 2.75) is 6.92 Å². The van der Waals surface area contributed by atoms with Crippen molar-refractivity contribution in [2.24, 2.45) is 0 Å². The van der Waals surface area contributed by atoms with Crippen LogP contribution in [0.1, 0.15) is 25.6 Å². The van der Waals surface area contributed by atoms with Crippen LogP contribution in [0, 0.1) is 12.7 Å². The van der Waals surface area contributed by atoms with Crippen LogP contribution in [0.15, 0.2) is 29.6 Å². The largest absolute Gasteiger partial charge is 0.477 e. The number of anilines is 1. The molecule has 1 heterocycles. The highest BCUT2D eigenvalue weighted by atomic mass is 32.1. The number of hydrogen-bond acceptors (Lipinski definition) is 3. The van der Waals surface area contributed by atoms with Crippen molar-refractivity contribution < 1.29 is 19.1 Å². The number of amides is 1. The average Bonchev–Trinajstić information content (AvgIpc) is 2.80. The molecule has 0 unspecified atom stereocenters. The fourth-order valence-electron chi connectivity index (χ4n) is 1.58. The van der Waals surface area contributed by atoms with E-state index in [4.69, 9.17) is 5.11 Å². The maximum Gasteiger partial charge on any atom is 0.348 e. The molecule has 1 aromatic carbocycles. The van der Waals surface area contributed by atoms with Gasteiger partial charge in [-0.25, -0.2) is 9.18 Å². The fourth-order valence-corrected chi connectivity index (χ4v) is 2.26. The molecule has 0 aliphatic carbocycles. The minimum atomic E-state index is -1.13. The molecule has 2 aromatic rings. The lowest BCUT2D eigenvalue weighted by Gasteiger charge is -2.06. The number of carboxylic acid groups (broad SMARTS) is 1. The summed E-state index contributed by atoms with van der Waals surface area (Å²) in [7, 11) is 0. The molecule has 0 aliphatic heterocycles. The van der Waals surface area contributed by atoms with Gasteiger partial charge in [-0.15, -0.1) is 11.3 Å². The minimum absolute atomic E-state index is 0.0152. The molecule has 19 heavy (non-hydrogen) atoms. The quantitative estimate of drug-likeness (QED) is 0.907. The lowest BCUT2D eigenvalue weighted by molar-refractivity contribution is 0.0703. The van der Waals surface area contributed by atoms with Crippen molar-refractivity contribution in [3.05, 3.63) is 51.5 Å². The van der Waals surface area contributed by atoms with Crippen LogP contribution < -0.4 is 5.32 Å². The topological polar surface area (TPSA) is 66.4 Å². The average molecular weight is 279 g/mol. The maximum atomic E-state index is 13.5. The van der Waals surface area contributed by atoms with Gasteiger partial charge in [-0.05, 0) is 30.5 Å². The van der Waals surface area contributed by atoms with Gasteiger partial charge in [0.15, 0.2) is 0 Å². The lowest BCUT2D eigenvalue weighted by atomic mass is 10.1. The number of thiophene rings is 1. The highest BCUT2D eigenvalue weighted by molar-refractivity contribution is 7.12. The Hall–Kier alpha value is -2.21. The van der Waals surface area contributed by atoms with E-state index in [0.717, 1.165) is 16.9 Å². The molecular formula is C13H10FNO3S. The molecule has 4 nitrogen and oxygen atoms in total. The van der Waals surface area contributed by atoms with Gasteiger partial charge < -0.3 is 10.4 Å². The summed E-state index contributed by atoms with van der Waals surface area (Å²) in [6.07, 6.45) is 0. The van der Waals surface area contributed by atoms with Crippen LogP contribution in [0.25, 0.3) is 0 Å². The van der Waals surface area contributed by atoms with Gasteiger partial charge in [-0.3, -0.25) is 4.79 Å². The zero-order chi connectivity index (χ0) is 14.0. The summed E-state index contributed by atoms with van der Waals surface area (Å²) >= 11 is 0.994. The molecule has 0 radical (unpaired) electrons. The van der Waals surface area contributed by atoms with E-state index in [9.17, 15) is 14.0 Å². The molecule has 98 valence electrons. The van der Waals surface area contributed by atoms with Gasteiger partial charge in [0.2, 0.25) is 0 Å². The Morgan fingerprint density at radius 1 is 1.32 bits per heavy atom. The Morgan fingerprint density at radius 2 is 2.05 bits per heavy atom. The predicted octanol–water partition coefficient (Wildman–Crippen LogP) is 3.15. The molecule has 0 spiro atoms. The van der Waals surface area contributed by atoms with E-state index < -0.39 is 17.7 Å². The van der Waals surface area contributed by atoms with E-state index in [-0.39, 0.29) is 16.1 Å². The van der Waals surface area contributed by atoms with Gasteiger partial charge in [-0.2, -0.15) is 0 Å². The summed E-state index contributed by atoms with van der Waals surface area (Å²) < 4.78 is 13.5. The van der Waals surface area contributed by atoms with E-state index in [1.54, 1.807) is 18.4 Å². The zero-order valence-electron chi connectivity index (χ0n) is 9.94. The van der Waals surface area contributed by atoms with E-state index in [0.29, 0.717) is 0 Å². The van der Waals surface area contributed by atoms with E-state index in [1.165, 1.54) is 18.2 Å². The third kappa shape index (κ3) is 2.79. The molecule has 1 aromatic heterocycles. The van der Waals surface area contributed by atoms with Crippen LogP contribution in [-0.2, 0) is 0 Å². The highest BCUT2D eigenvalue weighted by Crippen LogP contribution is 2.23. The van der Waals surface area contributed by atoms with Crippen LogP contribution in [0.3, 0.4) is 0 Å². The number of benzene rings is 1. The SMILES string of the molecule is Cc1ccc(F)c(C(=O)Nc2ccsc2C(=O)O)c1. The molecular weight excluding hydrogens is 269 g/mol. The Kier molecular flexibility index (Phi) is 3.62. The van der Waals surface area contributed by atoms with Crippen molar-refractivity contribution in [2.75, 3.05) is 5.32 Å². The number of nitrogens with one attached hydrogen (secondary N) is 1. The van der Waals surface area contributed by atoms with Crippen molar-refractivity contribution in [3.63, 3.8) is 0 Å². The third-order valence-corrected chi connectivity index (χ3v) is 3.38. The molecule has 1 amide bonds. The van der Waals surface area contributed by atoms with Gasteiger partial charge in [0.25, 0.3) is 5.91 Å². The van der Waals surface area contributed by atoms with Gasteiger partial charge in [0, 0.05) is 0 Å². The van der Waals surface area contributed by atoms with Crippen molar-refractivity contribution in [1.29, 1.82) is 0 Å². The van der Waals surface area contributed by atoms with Gasteiger partial charge in [0.1, 0.15) is 10.7 Å². The number of carboxylic acids is 1. The summed E-state index contributed by atoms with van der Waals surface area (Å²) in [5.41, 5.74) is 0.807. The second kappa shape index (κ2) is 5.19. The van der Waals surface area contributed by atoms with E-state index >= 15 is 0 Å². The first-order valence-electron chi connectivity index (χ1n) is 5.37. The molecule has 0 aliphatic rings. The second-order valence-corrected chi connectivity index (χ2v) is 4.82. The van der Waals surface area contributed by atoms with Crippen LogP contribution in [0.4, 0.5) is 10.1 Å². The first-order chi connectivity index (χ1) is 8.99. The molecule has 0 saturated heterocycles. The van der Waals surface area contributed by atoms with Gasteiger partial charge >= 0.3 is 5.97 Å². The van der Waals surface area contributed by atoms with Crippen molar-refractivity contribution in [3.8, 4) is 0 Å². The Morgan fingerprint density at radius 3 is 2.74 bits per heavy atom. The predicted molar refractivity (Wildman–Crippen MR) is 70.4 cm³/mol. The summed E-state index contributed by atoms with van der Waals surface area (Å²) in [5.74, 6) is -2.44. The number of aryl methyl sites for hydroxylation is 1. The summed E-state index contributed by atoms with van der Waals surface area (Å²) in [5, 5.41) is 12.9. The van der Waals surface area contributed by atoms with Gasteiger partial charge in [0.05, 0.1) is 11.3 Å². The highest BCUT2D eigenvalue weighted by Gasteiger charge is 2.17. The normalized spacial score (nSPS) is 10.2. The lowest BCUT2D eigenvalue weighted by Crippen LogP contribution is -2.15. The summed E-state index contributed by atoms with van der Waals surface area (Å²) in [6, 6.07) is 5.65. The molecule has 2 rings (SSSR count). The molecule has 6 heteroatoms. The third-order valence-electron chi connectivity index (χ3n) is 2.47. The Labute approximate surface area is 112 Å². The summed E-state index contributed by atoms with van der Waals surface area (Å²) in [6.45, 7) is 1.74. The smallest absolute Gasteiger partial charge is 0.348 e. The van der Waals surface area contributed by atoms with E-state index in [1.807, 2.05) is 0 Å². The first-order valence-corrected chi connectivity index (χ1v) is 6.25. The zero-order valence-corrected chi connectivity index (χ0v) is 10.8. The number of carbonyl (C=O) groups is 2. The molecule has 2 N–H and O–H groups in total. The van der Waals surface area contributed by atoms with Crippen molar-refractivity contribution >= 4 is 28.9 Å². The van der Waals surface area contributed by atoms with Crippen LogP contribution >= 0.6 is 11.3 Å². The summed E-state index contributed by atoms with van der Waals surface area (Å²) in [4.78, 5) is 22.8. The number of halogens is 1. The Bertz CT molecular complexity index is 651.